The van der Waals surface area contributed by atoms with Crippen LogP contribution in [0.5, 0.6) is 5.75 Å². The van der Waals surface area contributed by atoms with Crippen LogP contribution >= 0.6 is 0 Å². The van der Waals surface area contributed by atoms with Gasteiger partial charge in [0.1, 0.15) is 11.9 Å². The van der Waals surface area contributed by atoms with Gasteiger partial charge in [-0.15, -0.1) is 0 Å². The Bertz CT molecular complexity index is 352. The fraction of sp³-hybridized carbons (Fsp3) is 0.538. The van der Waals surface area contributed by atoms with Crippen molar-refractivity contribution in [3.8, 4) is 5.75 Å². The molecule has 1 aromatic carbocycles. The van der Waals surface area contributed by atoms with Gasteiger partial charge in [0.25, 0.3) is 0 Å². The van der Waals surface area contributed by atoms with E-state index in [1.165, 1.54) is 0 Å². The Kier molecular flexibility index (Phi) is 3.86. The van der Waals surface area contributed by atoms with Gasteiger partial charge in [0.2, 0.25) is 0 Å². The molecule has 4 nitrogen and oxygen atoms in total. The summed E-state index contributed by atoms with van der Waals surface area (Å²) in [5, 5.41) is 12.6. The summed E-state index contributed by atoms with van der Waals surface area (Å²) in [6.07, 6.45) is 1.25. The highest BCUT2D eigenvalue weighted by Crippen LogP contribution is 2.30. The van der Waals surface area contributed by atoms with E-state index in [1.807, 2.05) is 19.1 Å². The number of nitrogens with one attached hydrogen (secondary N) is 1. The highest BCUT2D eigenvalue weighted by atomic mass is 16.5. The molecule has 0 spiro atoms. The molecule has 3 atom stereocenters. The largest absolute Gasteiger partial charge is 0.508 e. The van der Waals surface area contributed by atoms with E-state index in [4.69, 9.17) is 9.47 Å². The zero-order valence-corrected chi connectivity index (χ0v) is 10.2. The van der Waals surface area contributed by atoms with E-state index in [9.17, 15) is 5.11 Å². The van der Waals surface area contributed by atoms with Crippen molar-refractivity contribution in [2.45, 2.75) is 31.6 Å². The van der Waals surface area contributed by atoms with Crippen molar-refractivity contribution in [3.05, 3.63) is 24.3 Å². The molecule has 1 aliphatic carbocycles. The predicted molar refractivity (Wildman–Crippen MR) is 66.3 cm³/mol. The SMILES string of the molecule is CCOC1CC(Nc2ccc(O)cc2)C1OC. The molecule has 2 rings (SSSR count). The Morgan fingerprint density at radius 1 is 1.35 bits per heavy atom. The third-order valence-corrected chi connectivity index (χ3v) is 3.12. The zero-order valence-electron chi connectivity index (χ0n) is 10.2. The van der Waals surface area contributed by atoms with Crippen LogP contribution in [0.3, 0.4) is 0 Å². The molecule has 94 valence electrons. The lowest BCUT2D eigenvalue weighted by Gasteiger charge is -2.43. The minimum Gasteiger partial charge on any atom is -0.508 e. The second-order valence-corrected chi connectivity index (χ2v) is 4.23. The molecule has 0 saturated heterocycles. The minimum atomic E-state index is 0.101. The maximum atomic E-state index is 9.20. The molecule has 4 heteroatoms. The van der Waals surface area contributed by atoms with Gasteiger partial charge >= 0.3 is 0 Å². The summed E-state index contributed by atoms with van der Waals surface area (Å²) in [5.41, 5.74) is 0.991. The van der Waals surface area contributed by atoms with Crippen LogP contribution in [-0.4, -0.2) is 37.1 Å². The van der Waals surface area contributed by atoms with E-state index in [-0.39, 0.29) is 24.0 Å². The van der Waals surface area contributed by atoms with E-state index in [1.54, 1.807) is 19.2 Å². The topological polar surface area (TPSA) is 50.7 Å². The van der Waals surface area contributed by atoms with Gasteiger partial charge in [-0.3, -0.25) is 0 Å². The van der Waals surface area contributed by atoms with Crippen molar-refractivity contribution in [2.75, 3.05) is 19.0 Å². The van der Waals surface area contributed by atoms with Crippen molar-refractivity contribution in [1.29, 1.82) is 0 Å². The number of hydrogen-bond donors (Lipinski definition) is 2. The van der Waals surface area contributed by atoms with Crippen molar-refractivity contribution in [1.82, 2.24) is 0 Å². The Morgan fingerprint density at radius 2 is 2.06 bits per heavy atom. The zero-order chi connectivity index (χ0) is 12.3. The highest BCUT2D eigenvalue weighted by Gasteiger charge is 2.42. The summed E-state index contributed by atoms with van der Waals surface area (Å²) in [6.45, 7) is 2.71. The lowest BCUT2D eigenvalue weighted by atomic mass is 9.85. The van der Waals surface area contributed by atoms with E-state index in [0.717, 1.165) is 18.7 Å². The maximum Gasteiger partial charge on any atom is 0.115 e. The number of anilines is 1. The number of phenolic OH excluding ortho intramolecular Hbond substituents is 1. The molecule has 1 saturated carbocycles. The van der Waals surface area contributed by atoms with Gasteiger partial charge in [0.15, 0.2) is 0 Å². The molecule has 0 bridgehead atoms. The molecule has 1 aliphatic rings. The van der Waals surface area contributed by atoms with E-state index < -0.39 is 0 Å². The third-order valence-electron chi connectivity index (χ3n) is 3.12. The normalized spacial score (nSPS) is 27.5. The third kappa shape index (κ3) is 2.70. The number of phenols is 1. The maximum absolute atomic E-state index is 9.20. The lowest BCUT2D eigenvalue weighted by molar-refractivity contribution is -0.118. The molecule has 0 radical (unpaired) electrons. The van der Waals surface area contributed by atoms with Gasteiger partial charge in [0, 0.05) is 19.4 Å². The molecule has 17 heavy (non-hydrogen) atoms. The van der Waals surface area contributed by atoms with Gasteiger partial charge in [-0.25, -0.2) is 0 Å². The van der Waals surface area contributed by atoms with Crippen molar-refractivity contribution < 1.29 is 14.6 Å². The van der Waals surface area contributed by atoms with Gasteiger partial charge in [0.05, 0.1) is 12.1 Å². The number of hydrogen-bond acceptors (Lipinski definition) is 4. The summed E-state index contributed by atoms with van der Waals surface area (Å²) >= 11 is 0. The summed E-state index contributed by atoms with van der Waals surface area (Å²) in [5.74, 6) is 0.277. The standard InChI is InChI=1S/C13H19NO3/c1-3-17-12-8-11(13(12)16-2)14-9-4-6-10(15)7-5-9/h4-7,11-15H,3,8H2,1-2H3. The fourth-order valence-corrected chi connectivity index (χ4v) is 2.19. The smallest absolute Gasteiger partial charge is 0.115 e. The summed E-state index contributed by atoms with van der Waals surface area (Å²) in [4.78, 5) is 0. The summed E-state index contributed by atoms with van der Waals surface area (Å²) < 4.78 is 11.0. The summed E-state index contributed by atoms with van der Waals surface area (Å²) in [6, 6.07) is 7.33. The van der Waals surface area contributed by atoms with Gasteiger partial charge in [-0.1, -0.05) is 0 Å². The van der Waals surface area contributed by atoms with Gasteiger partial charge in [-0.2, -0.15) is 0 Å². The number of benzene rings is 1. The van der Waals surface area contributed by atoms with E-state index in [0.29, 0.717) is 0 Å². The van der Waals surface area contributed by atoms with Gasteiger partial charge < -0.3 is 19.9 Å². The number of aromatic hydroxyl groups is 1. The molecule has 2 N–H and O–H groups in total. The van der Waals surface area contributed by atoms with E-state index in [2.05, 4.69) is 5.32 Å². The Labute approximate surface area is 102 Å². The van der Waals surface area contributed by atoms with Crippen LogP contribution in [0, 0.1) is 0 Å². The second-order valence-electron chi connectivity index (χ2n) is 4.23. The summed E-state index contributed by atoms with van der Waals surface area (Å²) in [7, 11) is 1.71. The highest BCUT2D eigenvalue weighted by molar-refractivity contribution is 5.47. The van der Waals surface area contributed by atoms with Crippen LogP contribution in [-0.2, 0) is 9.47 Å². The van der Waals surface area contributed by atoms with Crippen LogP contribution in [0.25, 0.3) is 0 Å². The van der Waals surface area contributed by atoms with Crippen molar-refractivity contribution in [2.24, 2.45) is 0 Å². The molecule has 0 heterocycles. The molecule has 0 aliphatic heterocycles. The molecular formula is C13H19NO3. The monoisotopic (exact) mass is 237 g/mol. The van der Waals surface area contributed by atoms with Crippen LogP contribution in [0.4, 0.5) is 5.69 Å². The first-order chi connectivity index (χ1) is 8.24. The first kappa shape index (κ1) is 12.2. The Hall–Kier alpha value is -1.26. The molecule has 0 aromatic heterocycles. The first-order valence-electron chi connectivity index (χ1n) is 5.94. The predicted octanol–water partition coefficient (Wildman–Crippen LogP) is 2.00. The van der Waals surface area contributed by atoms with Gasteiger partial charge in [-0.05, 0) is 37.6 Å². The molecule has 3 unspecified atom stereocenters. The number of methoxy groups -OCH3 is 1. The molecule has 1 aromatic rings. The first-order valence-corrected chi connectivity index (χ1v) is 5.94. The average molecular weight is 237 g/mol. The van der Waals surface area contributed by atoms with Crippen LogP contribution in [0.1, 0.15) is 13.3 Å². The van der Waals surface area contributed by atoms with Crippen LogP contribution in [0.2, 0.25) is 0 Å². The molecule has 1 fully saturated rings. The molecular weight excluding hydrogens is 218 g/mol. The fourth-order valence-electron chi connectivity index (χ4n) is 2.19. The van der Waals surface area contributed by atoms with Crippen molar-refractivity contribution in [3.63, 3.8) is 0 Å². The van der Waals surface area contributed by atoms with Crippen molar-refractivity contribution >= 4 is 5.69 Å². The minimum absolute atomic E-state index is 0.101. The number of ether oxygens (including phenoxy) is 2. The Morgan fingerprint density at radius 3 is 2.65 bits per heavy atom. The van der Waals surface area contributed by atoms with Crippen LogP contribution < -0.4 is 5.32 Å². The Balaban J connectivity index is 1.90. The second kappa shape index (κ2) is 5.38. The van der Waals surface area contributed by atoms with Crippen LogP contribution in [0.15, 0.2) is 24.3 Å². The quantitative estimate of drug-likeness (QED) is 0.769. The van der Waals surface area contributed by atoms with E-state index >= 15 is 0 Å². The average Bonchev–Trinajstić information content (AvgIpc) is 2.30. The lowest BCUT2D eigenvalue weighted by Crippen LogP contribution is -2.56. The number of rotatable bonds is 5. The molecule has 0 amide bonds.